The molecule has 2 unspecified atom stereocenters. The Balaban J connectivity index is 2.02. The second-order valence-corrected chi connectivity index (χ2v) is 4.83. The summed E-state index contributed by atoms with van der Waals surface area (Å²) in [5, 5.41) is 0. The first-order valence-electron chi connectivity index (χ1n) is 5.91. The molecule has 1 aliphatic carbocycles. The Labute approximate surface area is 96.4 Å². The van der Waals surface area contributed by atoms with Crippen molar-refractivity contribution in [2.45, 2.75) is 31.8 Å². The van der Waals surface area contributed by atoms with Crippen LogP contribution in [-0.2, 0) is 0 Å². The van der Waals surface area contributed by atoms with Crippen LogP contribution in [0.4, 0.5) is 0 Å². The lowest BCUT2D eigenvalue weighted by Gasteiger charge is -2.13. The molecule has 16 heavy (non-hydrogen) atoms. The molecule has 3 rings (SSSR count). The van der Waals surface area contributed by atoms with Crippen LogP contribution in [0, 0.1) is 0 Å². The molecular weight excluding hydrogens is 196 g/mol. The van der Waals surface area contributed by atoms with Crippen molar-refractivity contribution in [1.82, 2.24) is 0 Å². The molecule has 0 amide bonds. The molecule has 0 aromatic heterocycles. The minimum Gasteiger partial charge on any atom is -0.485 e. The van der Waals surface area contributed by atoms with E-state index in [1.165, 1.54) is 11.1 Å². The minimum atomic E-state index is 0.211. The van der Waals surface area contributed by atoms with Gasteiger partial charge in [-0.05, 0) is 23.6 Å². The average Bonchev–Trinajstić information content (AvgIpc) is 2.66. The molecule has 0 saturated carbocycles. The number of rotatable bonds is 1. The van der Waals surface area contributed by atoms with Gasteiger partial charge in [-0.3, -0.25) is 0 Å². The number of allylic oxidation sites excluding steroid dienone is 2. The maximum Gasteiger partial charge on any atom is 0.128 e. The molecule has 0 bridgehead atoms. The van der Waals surface area contributed by atoms with Crippen molar-refractivity contribution >= 4 is 0 Å². The van der Waals surface area contributed by atoms with Gasteiger partial charge in [-0.15, -0.1) is 0 Å². The fourth-order valence-corrected chi connectivity index (χ4v) is 2.41. The predicted molar refractivity (Wildman–Crippen MR) is 66.0 cm³/mol. The van der Waals surface area contributed by atoms with Crippen molar-refractivity contribution < 1.29 is 4.74 Å². The molecule has 0 radical (unpaired) electrons. The molecule has 2 aliphatic rings. The van der Waals surface area contributed by atoms with E-state index in [-0.39, 0.29) is 6.10 Å². The lowest BCUT2D eigenvalue weighted by atomic mass is 9.90. The van der Waals surface area contributed by atoms with E-state index in [9.17, 15) is 0 Å². The highest BCUT2D eigenvalue weighted by molar-refractivity contribution is 5.49. The Morgan fingerprint density at radius 3 is 2.75 bits per heavy atom. The molecule has 1 heterocycles. The second kappa shape index (κ2) is 3.51. The van der Waals surface area contributed by atoms with E-state index < -0.39 is 0 Å². The van der Waals surface area contributed by atoms with E-state index in [4.69, 9.17) is 4.74 Å². The highest BCUT2D eigenvalue weighted by Gasteiger charge is 2.31. The van der Waals surface area contributed by atoms with Gasteiger partial charge in [-0.2, -0.15) is 0 Å². The van der Waals surface area contributed by atoms with Gasteiger partial charge in [0.15, 0.2) is 0 Å². The average molecular weight is 212 g/mol. The largest absolute Gasteiger partial charge is 0.485 e. The smallest absolute Gasteiger partial charge is 0.128 e. The molecule has 0 spiro atoms. The Morgan fingerprint density at radius 1 is 1.12 bits per heavy atom. The first kappa shape index (κ1) is 9.71. The second-order valence-electron chi connectivity index (χ2n) is 4.83. The van der Waals surface area contributed by atoms with Crippen LogP contribution in [0.2, 0.25) is 0 Å². The fourth-order valence-electron chi connectivity index (χ4n) is 2.41. The van der Waals surface area contributed by atoms with E-state index in [2.05, 4.69) is 56.4 Å². The lowest BCUT2D eigenvalue weighted by molar-refractivity contribution is 0.268. The van der Waals surface area contributed by atoms with E-state index in [0.29, 0.717) is 11.8 Å². The number of hydrogen-bond donors (Lipinski definition) is 0. The van der Waals surface area contributed by atoms with Gasteiger partial charge in [0.05, 0.1) is 0 Å². The van der Waals surface area contributed by atoms with E-state index in [0.717, 1.165) is 5.75 Å². The summed E-state index contributed by atoms with van der Waals surface area (Å²) in [5.41, 5.74) is 2.68. The van der Waals surface area contributed by atoms with Crippen molar-refractivity contribution in [3.05, 3.63) is 53.6 Å². The first-order valence-corrected chi connectivity index (χ1v) is 5.91. The molecule has 1 aliphatic heterocycles. The number of benzene rings is 1. The van der Waals surface area contributed by atoms with Gasteiger partial charge in [0.2, 0.25) is 0 Å². The normalized spacial score (nSPS) is 25.4. The van der Waals surface area contributed by atoms with Crippen molar-refractivity contribution in [2.24, 2.45) is 0 Å². The number of hydrogen-bond acceptors (Lipinski definition) is 1. The minimum absolute atomic E-state index is 0.211. The van der Waals surface area contributed by atoms with Crippen molar-refractivity contribution in [3.8, 4) is 5.75 Å². The van der Waals surface area contributed by atoms with Crippen LogP contribution in [0.1, 0.15) is 36.8 Å². The van der Waals surface area contributed by atoms with Gasteiger partial charge in [0, 0.05) is 11.5 Å². The van der Waals surface area contributed by atoms with Crippen LogP contribution < -0.4 is 4.74 Å². The van der Waals surface area contributed by atoms with E-state index in [1.54, 1.807) is 0 Å². The van der Waals surface area contributed by atoms with Crippen LogP contribution >= 0.6 is 0 Å². The third-order valence-electron chi connectivity index (χ3n) is 3.41. The van der Waals surface area contributed by atoms with E-state index >= 15 is 0 Å². The summed E-state index contributed by atoms with van der Waals surface area (Å²) in [6, 6.07) is 6.64. The van der Waals surface area contributed by atoms with Crippen molar-refractivity contribution in [3.63, 3.8) is 0 Å². The van der Waals surface area contributed by atoms with Crippen molar-refractivity contribution in [2.75, 3.05) is 0 Å². The monoisotopic (exact) mass is 212 g/mol. The molecule has 1 nitrogen and oxygen atoms in total. The van der Waals surface area contributed by atoms with Gasteiger partial charge < -0.3 is 4.74 Å². The highest BCUT2D eigenvalue weighted by atomic mass is 16.5. The molecule has 1 heteroatoms. The number of ether oxygens (including phenoxy) is 1. The lowest BCUT2D eigenvalue weighted by Crippen LogP contribution is -2.15. The summed E-state index contributed by atoms with van der Waals surface area (Å²) in [4.78, 5) is 0. The van der Waals surface area contributed by atoms with Gasteiger partial charge in [-0.1, -0.05) is 44.2 Å². The van der Waals surface area contributed by atoms with E-state index in [1.807, 2.05) is 0 Å². The third-order valence-corrected chi connectivity index (χ3v) is 3.41. The predicted octanol–water partition coefficient (Wildman–Crippen LogP) is 3.78. The van der Waals surface area contributed by atoms with Gasteiger partial charge in [0.25, 0.3) is 0 Å². The van der Waals surface area contributed by atoms with Crippen LogP contribution in [0.5, 0.6) is 5.75 Å². The molecule has 0 N–H and O–H groups in total. The zero-order chi connectivity index (χ0) is 11.1. The summed E-state index contributed by atoms with van der Waals surface area (Å²) >= 11 is 0. The highest BCUT2D eigenvalue weighted by Crippen LogP contribution is 2.42. The molecule has 1 aromatic carbocycles. The molecule has 0 saturated heterocycles. The fraction of sp³-hybridized carbons (Fsp3) is 0.333. The zero-order valence-corrected chi connectivity index (χ0v) is 9.68. The summed E-state index contributed by atoms with van der Waals surface area (Å²) in [6.45, 7) is 4.42. The maximum absolute atomic E-state index is 5.96. The summed E-state index contributed by atoms with van der Waals surface area (Å²) in [5.74, 6) is 2.04. The molecule has 2 atom stereocenters. The van der Waals surface area contributed by atoms with Crippen LogP contribution in [-0.4, -0.2) is 6.10 Å². The topological polar surface area (TPSA) is 9.23 Å². The first-order chi connectivity index (χ1) is 7.75. The van der Waals surface area contributed by atoms with Crippen LogP contribution in [0.25, 0.3) is 0 Å². The Kier molecular flexibility index (Phi) is 2.13. The Morgan fingerprint density at radius 2 is 1.94 bits per heavy atom. The van der Waals surface area contributed by atoms with Crippen LogP contribution in [0.15, 0.2) is 42.5 Å². The summed E-state index contributed by atoms with van der Waals surface area (Å²) in [6.07, 6.45) is 8.75. The molecular formula is C15H16O. The maximum atomic E-state index is 5.96. The molecule has 0 fully saturated rings. The van der Waals surface area contributed by atoms with Gasteiger partial charge in [0.1, 0.15) is 11.9 Å². The SMILES string of the molecule is CC(C)c1ccc2c(c1)OC1C=CC=CC21. The standard InChI is InChI=1S/C15H16O/c1-10(2)11-7-8-13-12-5-3-4-6-14(12)16-15(13)9-11/h3-10,12,14H,1-2H3. The molecule has 1 aromatic rings. The summed E-state index contributed by atoms with van der Waals surface area (Å²) in [7, 11) is 0. The number of fused-ring (bicyclic) bond motifs is 3. The Bertz CT molecular complexity index is 468. The van der Waals surface area contributed by atoms with Crippen molar-refractivity contribution in [1.29, 1.82) is 0 Å². The summed E-state index contributed by atoms with van der Waals surface area (Å²) < 4.78 is 5.96. The Hall–Kier alpha value is -1.50. The van der Waals surface area contributed by atoms with Crippen LogP contribution in [0.3, 0.4) is 0 Å². The zero-order valence-electron chi connectivity index (χ0n) is 9.68. The molecule has 82 valence electrons. The quantitative estimate of drug-likeness (QED) is 0.688. The van der Waals surface area contributed by atoms with Gasteiger partial charge >= 0.3 is 0 Å². The van der Waals surface area contributed by atoms with Gasteiger partial charge in [-0.25, -0.2) is 0 Å². The third kappa shape index (κ3) is 1.39.